The van der Waals surface area contributed by atoms with Crippen molar-refractivity contribution in [2.45, 2.75) is 39.5 Å². The topological polar surface area (TPSA) is 29.1 Å². The van der Waals surface area contributed by atoms with Gasteiger partial charge >= 0.3 is 0 Å². The van der Waals surface area contributed by atoms with Crippen molar-refractivity contribution >= 4 is 5.91 Å². The van der Waals surface area contributed by atoms with Crippen LogP contribution < -0.4 is 5.32 Å². The average Bonchev–Trinajstić information content (AvgIpc) is 2.01. The summed E-state index contributed by atoms with van der Waals surface area (Å²) in [6.45, 7) is 4.54. The summed E-state index contributed by atoms with van der Waals surface area (Å²) < 4.78 is 0. The second-order valence-electron chi connectivity index (χ2n) is 4.31. The van der Waals surface area contributed by atoms with E-state index >= 15 is 0 Å². The summed E-state index contributed by atoms with van der Waals surface area (Å²) in [5.41, 5.74) is 0. The fourth-order valence-electron chi connectivity index (χ4n) is 2.24. The van der Waals surface area contributed by atoms with E-state index in [4.69, 9.17) is 0 Å². The molecule has 1 amide bonds. The maximum Gasteiger partial charge on any atom is 0.222 e. The second-order valence-corrected chi connectivity index (χ2v) is 4.31. The molecule has 0 aromatic heterocycles. The molecule has 1 aliphatic rings. The van der Waals surface area contributed by atoms with Crippen molar-refractivity contribution in [3.05, 3.63) is 0 Å². The van der Waals surface area contributed by atoms with Gasteiger partial charge < -0.3 is 5.32 Å². The predicted octanol–water partition coefficient (Wildman–Crippen LogP) is 2.19. The van der Waals surface area contributed by atoms with Gasteiger partial charge in [0.25, 0.3) is 0 Å². The Labute approximate surface area is 81.1 Å². The Morgan fingerprint density at radius 3 is 2.62 bits per heavy atom. The van der Waals surface area contributed by atoms with Crippen molar-refractivity contribution in [1.82, 2.24) is 5.32 Å². The molecule has 2 nitrogen and oxygen atoms in total. The Hall–Kier alpha value is -0.530. The number of hydrogen-bond acceptors (Lipinski definition) is 1. The first-order valence-corrected chi connectivity index (χ1v) is 5.40. The SMILES string of the molecule is CCCC(C)C1CC(C(=O)NC)C1. The summed E-state index contributed by atoms with van der Waals surface area (Å²) in [6, 6.07) is 0. The maximum absolute atomic E-state index is 11.2. The van der Waals surface area contributed by atoms with Crippen molar-refractivity contribution < 1.29 is 4.79 Å². The maximum atomic E-state index is 11.2. The molecule has 1 unspecified atom stereocenters. The van der Waals surface area contributed by atoms with Gasteiger partial charge in [-0.25, -0.2) is 0 Å². The van der Waals surface area contributed by atoms with Crippen molar-refractivity contribution in [2.24, 2.45) is 17.8 Å². The lowest BCUT2D eigenvalue weighted by molar-refractivity contribution is -0.129. The monoisotopic (exact) mass is 183 g/mol. The molecule has 13 heavy (non-hydrogen) atoms. The summed E-state index contributed by atoms with van der Waals surface area (Å²) in [6.07, 6.45) is 4.80. The number of carbonyl (C=O) groups excluding carboxylic acids is 1. The zero-order valence-electron chi connectivity index (χ0n) is 8.97. The number of amides is 1. The molecule has 1 atom stereocenters. The van der Waals surface area contributed by atoms with Gasteiger partial charge in [0, 0.05) is 13.0 Å². The molecule has 1 aliphatic carbocycles. The van der Waals surface area contributed by atoms with E-state index in [1.807, 2.05) is 0 Å². The van der Waals surface area contributed by atoms with Crippen molar-refractivity contribution in [3.63, 3.8) is 0 Å². The van der Waals surface area contributed by atoms with Crippen LogP contribution in [0, 0.1) is 17.8 Å². The first kappa shape index (κ1) is 10.6. The van der Waals surface area contributed by atoms with Crippen molar-refractivity contribution in [3.8, 4) is 0 Å². The molecule has 0 radical (unpaired) electrons. The zero-order valence-corrected chi connectivity index (χ0v) is 8.97. The number of carbonyl (C=O) groups is 1. The number of nitrogens with one attached hydrogen (secondary N) is 1. The minimum atomic E-state index is 0.236. The Kier molecular flexibility index (Phi) is 3.76. The highest BCUT2D eigenvalue weighted by Crippen LogP contribution is 2.40. The second kappa shape index (κ2) is 4.64. The summed E-state index contributed by atoms with van der Waals surface area (Å²) in [5, 5.41) is 2.72. The Balaban J connectivity index is 2.21. The minimum Gasteiger partial charge on any atom is -0.359 e. The fourth-order valence-corrected chi connectivity index (χ4v) is 2.24. The predicted molar refractivity (Wildman–Crippen MR) is 54.4 cm³/mol. The fraction of sp³-hybridized carbons (Fsp3) is 0.909. The van der Waals surface area contributed by atoms with Gasteiger partial charge in [0.05, 0.1) is 0 Å². The van der Waals surface area contributed by atoms with Crippen LogP contribution in [0.2, 0.25) is 0 Å². The third-order valence-electron chi connectivity index (χ3n) is 3.34. The summed E-state index contributed by atoms with van der Waals surface area (Å²) in [5.74, 6) is 2.17. The molecule has 0 heterocycles. The van der Waals surface area contributed by atoms with E-state index in [0.717, 1.165) is 24.7 Å². The molecule has 0 aromatic rings. The third kappa shape index (κ3) is 2.45. The van der Waals surface area contributed by atoms with E-state index in [2.05, 4.69) is 19.2 Å². The van der Waals surface area contributed by atoms with Crippen LogP contribution in [0.15, 0.2) is 0 Å². The molecule has 0 spiro atoms. The Morgan fingerprint density at radius 1 is 1.54 bits per heavy atom. The van der Waals surface area contributed by atoms with Crippen LogP contribution in [0.25, 0.3) is 0 Å². The zero-order chi connectivity index (χ0) is 9.84. The van der Waals surface area contributed by atoms with Crippen LogP contribution in [-0.2, 0) is 4.79 Å². The Morgan fingerprint density at radius 2 is 2.15 bits per heavy atom. The van der Waals surface area contributed by atoms with Gasteiger partial charge in [-0.3, -0.25) is 4.79 Å². The molecule has 1 fully saturated rings. The van der Waals surface area contributed by atoms with Gasteiger partial charge in [0.2, 0.25) is 5.91 Å². The first-order chi connectivity index (χ1) is 6.19. The molecule has 2 heteroatoms. The van der Waals surface area contributed by atoms with Crippen LogP contribution >= 0.6 is 0 Å². The Bertz CT molecular complexity index is 173. The molecule has 0 bridgehead atoms. The van der Waals surface area contributed by atoms with Crippen LogP contribution in [-0.4, -0.2) is 13.0 Å². The number of rotatable bonds is 4. The van der Waals surface area contributed by atoms with Crippen LogP contribution in [0.5, 0.6) is 0 Å². The average molecular weight is 183 g/mol. The standard InChI is InChI=1S/C11H21NO/c1-4-5-8(2)9-6-10(7-9)11(13)12-3/h8-10H,4-7H2,1-3H3,(H,12,13). The van der Waals surface area contributed by atoms with E-state index in [1.165, 1.54) is 12.8 Å². The van der Waals surface area contributed by atoms with Crippen LogP contribution in [0.4, 0.5) is 0 Å². The molecular formula is C11H21NO. The lowest BCUT2D eigenvalue weighted by Gasteiger charge is -2.38. The molecule has 0 aliphatic heterocycles. The van der Waals surface area contributed by atoms with E-state index < -0.39 is 0 Å². The molecule has 0 saturated heterocycles. The normalized spacial score (nSPS) is 29.2. The summed E-state index contributed by atoms with van der Waals surface area (Å²) in [7, 11) is 1.73. The molecule has 1 rings (SSSR count). The van der Waals surface area contributed by atoms with Gasteiger partial charge in [-0.15, -0.1) is 0 Å². The van der Waals surface area contributed by atoms with Gasteiger partial charge in [0.15, 0.2) is 0 Å². The van der Waals surface area contributed by atoms with Gasteiger partial charge in [-0.05, 0) is 24.7 Å². The molecule has 76 valence electrons. The first-order valence-electron chi connectivity index (χ1n) is 5.40. The highest BCUT2D eigenvalue weighted by molar-refractivity contribution is 5.79. The van der Waals surface area contributed by atoms with E-state index in [0.29, 0.717) is 5.92 Å². The molecule has 1 saturated carbocycles. The minimum absolute atomic E-state index is 0.236. The largest absolute Gasteiger partial charge is 0.359 e. The van der Waals surface area contributed by atoms with Gasteiger partial charge in [-0.1, -0.05) is 26.7 Å². The lowest BCUT2D eigenvalue weighted by Crippen LogP contribution is -2.39. The van der Waals surface area contributed by atoms with Gasteiger partial charge in [-0.2, -0.15) is 0 Å². The van der Waals surface area contributed by atoms with E-state index in [-0.39, 0.29) is 5.91 Å². The summed E-state index contributed by atoms with van der Waals surface area (Å²) >= 11 is 0. The quantitative estimate of drug-likeness (QED) is 0.711. The third-order valence-corrected chi connectivity index (χ3v) is 3.34. The number of hydrogen-bond donors (Lipinski definition) is 1. The molecular weight excluding hydrogens is 162 g/mol. The summed E-state index contributed by atoms with van der Waals surface area (Å²) in [4.78, 5) is 11.2. The van der Waals surface area contributed by atoms with E-state index in [1.54, 1.807) is 7.05 Å². The lowest BCUT2D eigenvalue weighted by atomic mass is 9.68. The highest BCUT2D eigenvalue weighted by atomic mass is 16.1. The van der Waals surface area contributed by atoms with Crippen molar-refractivity contribution in [1.29, 1.82) is 0 Å². The highest BCUT2D eigenvalue weighted by Gasteiger charge is 2.36. The van der Waals surface area contributed by atoms with Gasteiger partial charge in [0.1, 0.15) is 0 Å². The van der Waals surface area contributed by atoms with Crippen LogP contribution in [0.3, 0.4) is 0 Å². The molecule has 1 N–H and O–H groups in total. The smallest absolute Gasteiger partial charge is 0.222 e. The molecule has 0 aromatic carbocycles. The van der Waals surface area contributed by atoms with Crippen LogP contribution in [0.1, 0.15) is 39.5 Å². The van der Waals surface area contributed by atoms with E-state index in [9.17, 15) is 4.79 Å². The van der Waals surface area contributed by atoms with Crippen molar-refractivity contribution in [2.75, 3.05) is 7.05 Å².